The lowest BCUT2D eigenvalue weighted by Gasteiger charge is -2.26. The summed E-state index contributed by atoms with van der Waals surface area (Å²) < 4.78 is 7.06. The predicted octanol–water partition coefficient (Wildman–Crippen LogP) is 1.54. The van der Waals surface area contributed by atoms with E-state index in [1.54, 1.807) is 4.68 Å². The van der Waals surface area contributed by atoms with Crippen LogP contribution in [0.15, 0.2) is 30.3 Å². The van der Waals surface area contributed by atoms with Gasteiger partial charge in [-0.25, -0.2) is 0 Å². The molecule has 1 saturated heterocycles. The first kappa shape index (κ1) is 14.1. The second-order valence-corrected chi connectivity index (χ2v) is 5.48. The van der Waals surface area contributed by atoms with Gasteiger partial charge in [-0.2, -0.15) is 5.10 Å². The maximum Gasteiger partial charge on any atom is 0.121 e. The highest BCUT2D eigenvalue weighted by atomic mass is 16.5. The van der Waals surface area contributed by atoms with Crippen LogP contribution in [0.1, 0.15) is 5.56 Å². The van der Waals surface area contributed by atoms with Crippen molar-refractivity contribution in [2.75, 3.05) is 38.6 Å². The first-order valence-electron chi connectivity index (χ1n) is 7.41. The van der Waals surface area contributed by atoms with Crippen LogP contribution in [-0.2, 0) is 18.2 Å². The monoisotopic (exact) mass is 286 g/mol. The van der Waals surface area contributed by atoms with Gasteiger partial charge in [-0.15, -0.1) is 0 Å². The summed E-state index contributed by atoms with van der Waals surface area (Å²) in [6, 6.07) is 10.5. The van der Waals surface area contributed by atoms with E-state index in [0.29, 0.717) is 5.82 Å². The number of anilines is 1. The summed E-state index contributed by atoms with van der Waals surface area (Å²) in [5.74, 6) is 0.682. The van der Waals surface area contributed by atoms with Crippen molar-refractivity contribution in [3.63, 3.8) is 0 Å². The molecule has 0 aliphatic carbocycles. The standard InChI is InChI=1S/C16H22N4O/c1-19-16(17)12-15(18-19)14-4-2-13(3-5-14)6-7-20-8-10-21-11-9-20/h2-5,12H,6-11,17H2,1H3. The molecule has 5 nitrogen and oxygen atoms in total. The summed E-state index contributed by atoms with van der Waals surface area (Å²) >= 11 is 0. The first-order valence-corrected chi connectivity index (χ1v) is 7.41. The lowest BCUT2D eigenvalue weighted by molar-refractivity contribution is 0.0384. The molecular weight excluding hydrogens is 264 g/mol. The van der Waals surface area contributed by atoms with Crippen molar-refractivity contribution in [1.29, 1.82) is 0 Å². The number of benzene rings is 1. The van der Waals surface area contributed by atoms with Gasteiger partial charge in [-0.3, -0.25) is 9.58 Å². The third-order valence-electron chi connectivity index (χ3n) is 3.99. The topological polar surface area (TPSA) is 56.3 Å². The van der Waals surface area contributed by atoms with Crippen molar-refractivity contribution in [1.82, 2.24) is 14.7 Å². The Hall–Kier alpha value is -1.85. The van der Waals surface area contributed by atoms with Gasteiger partial charge in [0.15, 0.2) is 0 Å². The normalized spacial score (nSPS) is 16.2. The Morgan fingerprint density at radius 1 is 1.19 bits per heavy atom. The van der Waals surface area contributed by atoms with Crippen LogP contribution < -0.4 is 5.73 Å². The Kier molecular flexibility index (Phi) is 4.22. The third-order valence-corrected chi connectivity index (χ3v) is 3.99. The molecule has 1 aromatic heterocycles. The number of ether oxygens (including phenoxy) is 1. The van der Waals surface area contributed by atoms with Crippen molar-refractivity contribution >= 4 is 5.82 Å². The van der Waals surface area contributed by atoms with Gasteiger partial charge in [0, 0.05) is 38.3 Å². The average molecular weight is 286 g/mol. The minimum atomic E-state index is 0.682. The summed E-state index contributed by atoms with van der Waals surface area (Å²) in [6.45, 7) is 4.91. The minimum Gasteiger partial charge on any atom is -0.384 e. The number of morpholine rings is 1. The quantitative estimate of drug-likeness (QED) is 0.926. The zero-order chi connectivity index (χ0) is 14.7. The highest BCUT2D eigenvalue weighted by Gasteiger charge is 2.10. The molecule has 1 aliphatic rings. The zero-order valence-corrected chi connectivity index (χ0v) is 12.5. The molecule has 0 amide bonds. The fraction of sp³-hybridized carbons (Fsp3) is 0.438. The number of aryl methyl sites for hydroxylation is 1. The molecule has 2 aromatic rings. The van der Waals surface area contributed by atoms with Crippen molar-refractivity contribution in [2.24, 2.45) is 7.05 Å². The van der Waals surface area contributed by atoms with Gasteiger partial charge in [0.05, 0.1) is 18.9 Å². The predicted molar refractivity (Wildman–Crippen MR) is 84.0 cm³/mol. The Labute approximate surface area is 125 Å². The Morgan fingerprint density at radius 3 is 2.52 bits per heavy atom. The number of rotatable bonds is 4. The van der Waals surface area contributed by atoms with Crippen molar-refractivity contribution in [2.45, 2.75) is 6.42 Å². The summed E-state index contributed by atoms with van der Waals surface area (Å²) in [7, 11) is 1.86. The van der Waals surface area contributed by atoms with E-state index in [4.69, 9.17) is 10.5 Å². The van der Waals surface area contributed by atoms with E-state index in [9.17, 15) is 0 Å². The number of hydrogen-bond acceptors (Lipinski definition) is 4. The van der Waals surface area contributed by atoms with Crippen LogP contribution in [-0.4, -0.2) is 47.5 Å². The molecule has 2 heterocycles. The van der Waals surface area contributed by atoms with Crippen molar-refractivity contribution in [3.05, 3.63) is 35.9 Å². The Bertz CT molecular complexity index is 565. The van der Waals surface area contributed by atoms with E-state index >= 15 is 0 Å². The maximum atomic E-state index is 5.82. The molecule has 0 bridgehead atoms. The van der Waals surface area contributed by atoms with Gasteiger partial charge in [-0.05, 0) is 12.0 Å². The van der Waals surface area contributed by atoms with E-state index < -0.39 is 0 Å². The van der Waals surface area contributed by atoms with E-state index in [0.717, 1.165) is 50.5 Å². The minimum absolute atomic E-state index is 0.682. The highest BCUT2D eigenvalue weighted by Crippen LogP contribution is 2.20. The summed E-state index contributed by atoms with van der Waals surface area (Å²) in [4.78, 5) is 2.46. The van der Waals surface area contributed by atoms with Gasteiger partial charge >= 0.3 is 0 Å². The van der Waals surface area contributed by atoms with Gasteiger partial charge in [0.2, 0.25) is 0 Å². The van der Waals surface area contributed by atoms with E-state index in [1.807, 2.05) is 13.1 Å². The number of hydrogen-bond donors (Lipinski definition) is 1. The average Bonchev–Trinajstić information content (AvgIpc) is 2.86. The Morgan fingerprint density at radius 2 is 1.90 bits per heavy atom. The van der Waals surface area contributed by atoms with E-state index in [2.05, 4.69) is 34.3 Å². The van der Waals surface area contributed by atoms with Crippen LogP contribution in [0.5, 0.6) is 0 Å². The summed E-state index contributed by atoms with van der Waals surface area (Å²) in [5.41, 5.74) is 9.21. The number of nitrogen functional groups attached to an aromatic ring is 1. The van der Waals surface area contributed by atoms with Crippen molar-refractivity contribution in [3.8, 4) is 11.3 Å². The highest BCUT2D eigenvalue weighted by molar-refractivity contribution is 5.62. The van der Waals surface area contributed by atoms with Gasteiger partial charge in [0.1, 0.15) is 5.82 Å². The number of nitrogens with zero attached hydrogens (tertiary/aromatic N) is 3. The molecule has 0 radical (unpaired) electrons. The van der Waals surface area contributed by atoms with Crippen LogP contribution in [0.2, 0.25) is 0 Å². The van der Waals surface area contributed by atoms with Gasteiger partial charge in [-0.1, -0.05) is 24.3 Å². The first-order chi connectivity index (χ1) is 10.2. The number of aromatic nitrogens is 2. The van der Waals surface area contributed by atoms with Crippen LogP contribution >= 0.6 is 0 Å². The fourth-order valence-corrected chi connectivity index (χ4v) is 2.58. The second kappa shape index (κ2) is 6.28. The van der Waals surface area contributed by atoms with Gasteiger partial charge in [0.25, 0.3) is 0 Å². The van der Waals surface area contributed by atoms with Crippen LogP contribution in [0.4, 0.5) is 5.82 Å². The SMILES string of the molecule is Cn1nc(-c2ccc(CCN3CCOCC3)cc2)cc1N. The van der Waals surface area contributed by atoms with Gasteiger partial charge < -0.3 is 10.5 Å². The molecule has 112 valence electrons. The molecule has 0 spiro atoms. The summed E-state index contributed by atoms with van der Waals surface area (Å²) in [5, 5.41) is 4.40. The smallest absolute Gasteiger partial charge is 0.121 e. The molecule has 1 fully saturated rings. The third kappa shape index (κ3) is 3.43. The Balaban J connectivity index is 1.61. The molecule has 5 heteroatoms. The van der Waals surface area contributed by atoms with Crippen LogP contribution in [0.25, 0.3) is 11.3 Å². The molecule has 3 rings (SSSR count). The maximum absolute atomic E-state index is 5.82. The molecule has 1 aliphatic heterocycles. The lowest BCUT2D eigenvalue weighted by atomic mass is 10.1. The van der Waals surface area contributed by atoms with Crippen LogP contribution in [0.3, 0.4) is 0 Å². The molecule has 2 N–H and O–H groups in total. The van der Waals surface area contributed by atoms with E-state index in [1.165, 1.54) is 5.56 Å². The van der Waals surface area contributed by atoms with Crippen LogP contribution in [0, 0.1) is 0 Å². The molecule has 1 aromatic carbocycles. The number of nitrogens with two attached hydrogens (primary N) is 1. The van der Waals surface area contributed by atoms with E-state index in [-0.39, 0.29) is 0 Å². The molecular formula is C16H22N4O. The zero-order valence-electron chi connectivity index (χ0n) is 12.5. The lowest BCUT2D eigenvalue weighted by Crippen LogP contribution is -2.37. The summed E-state index contributed by atoms with van der Waals surface area (Å²) in [6.07, 6.45) is 1.07. The molecule has 0 unspecified atom stereocenters. The largest absolute Gasteiger partial charge is 0.384 e. The van der Waals surface area contributed by atoms with Crippen molar-refractivity contribution < 1.29 is 4.74 Å². The molecule has 21 heavy (non-hydrogen) atoms. The molecule has 0 saturated carbocycles. The molecule has 0 atom stereocenters. The second-order valence-electron chi connectivity index (χ2n) is 5.48. The fourth-order valence-electron chi connectivity index (χ4n) is 2.58.